The van der Waals surface area contributed by atoms with Gasteiger partial charge in [-0.25, -0.2) is 4.98 Å². The standard InChI is InChI=1S/C8H10BrClN4O/c9-5-4-13-8(10)14-7(5)12-3-1-2-6(11)15/h4H,1-3H2,(H2,11,15)(H,12,13,14). The quantitative estimate of drug-likeness (QED) is 0.638. The van der Waals surface area contributed by atoms with Crippen LogP contribution >= 0.6 is 27.5 Å². The summed E-state index contributed by atoms with van der Waals surface area (Å²) < 4.78 is 0.728. The van der Waals surface area contributed by atoms with Gasteiger partial charge >= 0.3 is 0 Å². The lowest BCUT2D eigenvalue weighted by Gasteiger charge is -2.06. The number of amides is 1. The summed E-state index contributed by atoms with van der Waals surface area (Å²) in [5, 5.41) is 3.20. The van der Waals surface area contributed by atoms with E-state index in [-0.39, 0.29) is 11.2 Å². The monoisotopic (exact) mass is 292 g/mol. The largest absolute Gasteiger partial charge is 0.370 e. The molecule has 0 fully saturated rings. The van der Waals surface area contributed by atoms with E-state index in [2.05, 4.69) is 31.2 Å². The van der Waals surface area contributed by atoms with Crippen LogP contribution in [0.3, 0.4) is 0 Å². The Morgan fingerprint density at radius 2 is 2.40 bits per heavy atom. The number of nitrogens with two attached hydrogens (primary N) is 1. The molecule has 0 saturated heterocycles. The van der Waals surface area contributed by atoms with E-state index in [4.69, 9.17) is 17.3 Å². The fourth-order valence-corrected chi connectivity index (χ4v) is 1.40. The Bertz CT molecular complexity index is 360. The molecule has 0 unspecified atom stereocenters. The molecular formula is C8H10BrClN4O. The Morgan fingerprint density at radius 3 is 3.07 bits per heavy atom. The molecule has 3 N–H and O–H groups in total. The molecular weight excluding hydrogens is 283 g/mol. The van der Waals surface area contributed by atoms with Crippen LogP contribution in [0.15, 0.2) is 10.7 Å². The van der Waals surface area contributed by atoms with Gasteiger partial charge in [-0.15, -0.1) is 0 Å². The van der Waals surface area contributed by atoms with Gasteiger partial charge in [0.15, 0.2) is 0 Å². The molecule has 5 nitrogen and oxygen atoms in total. The average Bonchev–Trinajstić information content (AvgIpc) is 2.17. The van der Waals surface area contributed by atoms with Crippen molar-refractivity contribution in [3.63, 3.8) is 0 Å². The Balaban J connectivity index is 2.43. The minimum Gasteiger partial charge on any atom is -0.370 e. The highest BCUT2D eigenvalue weighted by Gasteiger charge is 2.02. The smallest absolute Gasteiger partial charge is 0.224 e. The highest BCUT2D eigenvalue weighted by atomic mass is 79.9. The Kier molecular flexibility index (Phi) is 4.77. The van der Waals surface area contributed by atoms with Crippen LogP contribution in [0.1, 0.15) is 12.8 Å². The van der Waals surface area contributed by atoms with E-state index in [9.17, 15) is 4.79 Å². The summed E-state index contributed by atoms with van der Waals surface area (Å²) in [5.74, 6) is 0.302. The minimum atomic E-state index is -0.309. The molecule has 1 heterocycles. The molecule has 1 aromatic heterocycles. The molecule has 0 atom stereocenters. The maximum Gasteiger partial charge on any atom is 0.224 e. The first-order valence-corrected chi connectivity index (χ1v) is 5.47. The number of anilines is 1. The maximum absolute atomic E-state index is 10.5. The molecule has 0 aliphatic heterocycles. The van der Waals surface area contributed by atoms with E-state index in [1.54, 1.807) is 6.20 Å². The van der Waals surface area contributed by atoms with Gasteiger partial charge in [0.2, 0.25) is 11.2 Å². The SMILES string of the molecule is NC(=O)CCCNc1nc(Cl)ncc1Br. The lowest BCUT2D eigenvalue weighted by Crippen LogP contribution is -2.13. The third-order valence-electron chi connectivity index (χ3n) is 1.61. The van der Waals surface area contributed by atoms with Crippen molar-refractivity contribution in [2.24, 2.45) is 5.73 Å². The molecule has 0 bridgehead atoms. The molecule has 0 aliphatic carbocycles. The predicted molar refractivity (Wildman–Crippen MR) is 61.7 cm³/mol. The van der Waals surface area contributed by atoms with E-state index < -0.39 is 0 Å². The second kappa shape index (κ2) is 5.87. The summed E-state index contributed by atoms with van der Waals surface area (Å²) in [6, 6.07) is 0. The number of carbonyl (C=O) groups is 1. The van der Waals surface area contributed by atoms with Crippen molar-refractivity contribution < 1.29 is 4.79 Å². The molecule has 1 aromatic rings. The number of primary amides is 1. The molecule has 0 saturated carbocycles. The number of nitrogens with zero attached hydrogens (tertiary/aromatic N) is 2. The predicted octanol–water partition coefficient (Wildman–Crippen LogP) is 1.57. The minimum absolute atomic E-state index is 0.176. The first kappa shape index (κ1) is 12.2. The molecule has 82 valence electrons. The summed E-state index contributed by atoms with van der Waals surface area (Å²) >= 11 is 8.90. The van der Waals surface area contributed by atoms with Gasteiger partial charge < -0.3 is 11.1 Å². The normalized spacial score (nSPS) is 10.0. The number of nitrogens with one attached hydrogen (secondary N) is 1. The van der Waals surface area contributed by atoms with E-state index in [1.165, 1.54) is 0 Å². The number of rotatable bonds is 5. The van der Waals surface area contributed by atoms with E-state index in [1.807, 2.05) is 0 Å². The highest BCUT2D eigenvalue weighted by Crippen LogP contribution is 2.19. The molecule has 15 heavy (non-hydrogen) atoms. The van der Waals surface area contributed by atoms with Crippen LogP contribution in [0.4, 0.5) is 5.82 Å². The van der Waals surface area contributed by atoms with Crippen molar-refractivity contribution in [1.29, 1.82) is 0 Å². The first-order valence-electron chi connectivity index (χ1n) is 4.30. The first-order chi connectivity index (χ1) is 7.09. The second-order valence-electron chi connectivity index (χ2n) is 2.83. The topological polar surface area (TPSA) is 80.9 Å². The molecule has 0 aromatic carbocycles. The summed E-state index contributed by atoms with van der Waals surface area (Å²) in [6.07, 6.45) is 2.57. The van der Waals surface area contributed by atoms with Crippen molar-refractivity contribution in [2.75, 3.05) is 11.9 Å². The zero-order chi connectivity index (χ0) is 11.3. The molecule has 1 amide bonds. The van der Waals surface area contributed by atoms with Crippen LogP contribution in [0, 0.1) is 0 Å². The molecule has 0 aliphatic rings. The van der Waals surface area contributed by atoms with Crippen molar-refractivity contribution in [3.8, 4) is 0 Å². The fourth-order valence-electron chi connectivity index (χ4n) is 0.939. The Morgan fingerprint density at radius 1 is 1.67 bits per heavy atom. The summed E-state index contributed by atoms with van der Waals surface area (Å²) in [5.41, 5.74) is 5.00. The number of hydrogen-bond donors (Lipinski definition) is 2. The molecule has 7 heteroatoms. The van der Waals surface area contributed by atoms with Crippen LogP contribution in [0.2, 0.25) is 5.28 Å². The van der Waals surface area contributed by atoms with Crippen LogP contribution in [-0.4, -0.2) is 22.4 Å². The van der Waals surface area contributed by atoms with Gasteiger partial charge in [-0.2, -0.15) is 4.98 Å². The van der Waals surface area contributed by atoms with Crippen molar-refractivity contribution >= 4 is 39.3 Å². The van der Waals surface area contributed by atoms with Crippen LogP contribution in [-0.2, 0) is 4.79 Å². The molecule has 1 rings (SSSR count). The third kappa shape index (κ3) is 4.44. The average molecular weight is 294 g/mol. The molecule has 0 spiro atoms. The summed E-state index contributed by atoms with van der Waals surface area (Å²) in [6.45, 7) is 0.606. The van der Waals surface area contributed by atoms with Gasteiger partial charge in [-0.3, -0.25) is 4.79 Å². The summed E-state index contributed by atoms with van der Waals surface area (Å²) in [7, 11) is 0. The zero-order valence-corrected chi connectivity index (χ0v) is 10.2. The van der Waals surface area contributed by atoms with Crippen molar-refractivity contribution in [2.45, 2.75) is 12.8 Å². The summed E-state index contributed by atoms with van der Waals surface area (Å²) in [4.78, 5) is 18.2. The van der Waals surface area contributed by atoms with Gasteiger partial charge in [0, 0.05) is 19.2 Å². The van der Waals surface area contributed by atoms with Gasteiger partial charge in [-0.05, 0) is 34.0 Å². The second-order valence-corrected chi connectivity index (χ2v) is 4.02. The Labute approximate surface area is 101 Å². The maximum atomic E-state index is 10.5. The number of halogens is 2. The lowest BCUT2D eigenvalue weighted by atomic mass is 10.3. The van der Waals surface area contributed by atoms with E-state index >= 15 is 0 Å². The van der Waals surface area contributed by atoms with Crippen LogP contribution < -0.4 is 11.1 Å². The Hall–Kier alpha value is -0.880. The van der Waals surface area contributed by atoms with Crippen molar-refractivity contribution in [1.82, 2.24) is 9.97 Å². The molecule has 0 radical (unpaired) electrons. The third-order valence-corrected chi connectivity index (χ3v) is 2.37. The van der Waals surface area contributed by atoms with Gasteiger partial charge in [0.25, 0.3) is 0 Å². The lowest BCUT2D eigenvalue weighted by molar-refractivity contribution is -0.118. The zero-order valence-electron chi connectivity index (χ0n) is 7.83. The highest BCUT2D eigenvalue weighted by molar-refractivity contribution is 9.10. The van der Waals surface area contributed by atoms with Crippen molar-refractivity contribution in [3.05, 3.63) is 16.0 Å². The van der Waals surface area contributed by atoms with Crippen LogP contribution in [0.5, 0.6) is 0 Å². The van der Waals surface area contributed by atoms with Gasteiger partial charge in [0.1, 0.15) is 5.82 Å². The number of carbonyl (C=O) groups excluding carboxylic acids is 1. The van der Waals surface area contributed by atoms with E-state index in [0.717, 1.165) is 4.47 Å². The van der Waals surface area contributed by atoms with Crippen LogP contribution in [0.25, 0.3) is 0 Å². The number of hydrogen-bond acceptors (Lipinski definition) is 4. The van der Waals surface area contributed by atoms with Gasteiger partial charge in [-0.1, -0.05) is 0 Å². The fraction of sp³-hybridized carbons (Fsp3) is 0.375. The van der Waals surface area contributed by atoms with Gasteiger partial charge in [0.05, 0.1) is 4.47 Å². The van der Waals surface area contributed by atoms with E-state index in [0.29, 0.717) is 25.2 Å². The number of aromatic nitrogens is 2.